The van der Waals surface area contributed by atoms with Crippen LogP contribution >= 0.6 is 11.3 Å². The van der Waals surface area contributed by atoms with Crippen LogP contribution in [0.3, 0.4) is 0 Å². The molecule has 1 N–H and O–H groups in total. The van der Waals surface area contributed by atoms with E-state index in [4.69, 9.17) is 4.74 Å². The lowest BCUT2D eigenvalue weighted by Gasteiger charge is -2.08. The highest BCUT2D eigenvalue weighted by Gasteiger charge is 2.22. The monoisotopic (exact) mass is 413 g/mol. The number of hydrogen-bond donors (Lipinski definition) is 1. The molecule has 1 heterocycles. The molecule has 2 aromatic carbocycles. The number of thiophene rings is 1. The summed E-state index contributed by atoms with van der Waals surface area (Å²) in [7, 11) is 0. The molecule has 0 saturated carbocycles. The third-order valence-corrected chi connectivity index (χ3v) is 4.83. The van der Waals surface area contributed by atoms with E-state index in [2.05, 4.69) is 5.32 Å². The van der Waals surface area contributed by atoms with Gasteiger partial charge in [-0.05, 0) is 48.4 Å². The van der Waals surface area contributed by atoms with Crippen molar-refractivity contribution in [3.05, 3.63) is 82.7 Å². The van der Waals surface area contributed by atoms with Crippen LogP contribution in [0.1, 0.15) is 22.8 Å². The van der Waals surface area contributed by atoms with Crippen LogP contribution in [0.5, 0.6) is 0 Å². The number of carbonyl (C=O) groups is 2. The Balaban J connectivity index is 1.87. The fraction of sp³-hybridized carbons (Fsp3) is 0.0909. The summed E-state index contributed by atoms with van der Waals surface area (Å²) in [5, 5.41) is 4.68. The Bertz CT molecular complexity index is 1060. The van der Waals surface area contributed by atoms with Crippen LogP contribution in [0.4, 0.5) is 13.8 Å². The second kappa shape index (κ2) is 9.25. The first kappa shape index (κ1) is 20.4. The van der Waals surface area contributed by atoms with Crippen molar-refractivity contribution in [3.8, 4) is 11.1 Å². The molecule has 0 fully saturated rings. The van der Waals surface area contributed by atoms with E-state index in [1.54, 1.807) is 36.6 Å². The third-order valence-electron chi connectivity index (χ3n) is 3.94. The maximum absolute atomic E-state index is 13.2. The largest absolute Gasteiger partial charge is 0.462 e. The van der Waals surface area contributed by atoms with Crippen LogP contribution in [0, 0.1) is 11.6 Å². The zero-order valence-corrected chi connectivity index (χ0v) is 16.3. The van der Waals surface area contributed by atoms with Crippen LogP contribution in [0.25, 0.3) is 17.2 Å². The Morgan fingerprint density at radius 3 is 2.55 bits per heavy atom. The Morgan fingerprint density at radius 2 is 1.86 bits per heavy atom. The first-order valence-electron chi connectivity index (χ1n) is 8.77. The van der Waals surface area contributed by atoms with Gasteiger partial charge in [-0.25, -0.2) is 13.6 Å². The molecular weight excluding hydrogens is 396 g/mol. The number of nitrogens with one attached hydrogen (secondary N) is 1. The van der Waals surface area contributed by atoms with Crippen molar-refractivity contribution in [1.82, 2.24) is 0 Å². The summed E-state index contributed by atoms with van der Waals surface area (Å²) in [5.41, 5.74) is 1.90. The molecule has 0 bridgehead atoms. The standard InChI is InChI=1S/C22H17F2NO3S/c1-2-28-22(27)20-18(15-7-9-16(23)10-8-15)13-29-21(20)25-19(26)11-6-14-4-3-5-17(24)12-14/h3-13H,2H2,1H3,(H,25,26)/b11-6+. The molecule has 3 rings (SSSR count). The van der Waals surface area contributed by atoms with Gasteiger partial charge in [0.1, 0.15) is 22.2 Å². The number of amides is 1. The Hall–Kier alpha value is -3.32. The molecule has 3 aromatic rings. The lowest BCUT2D eigenvalue weighted by Crippen LogP contribution is -2.12. The van der Waals surface area contributed by atoms with Crippen molar-refractivity contribution in [3.63, 3.8) is 0 Å². The van der Waals surface area contributed by atoms with Crippen molar-refractivity contribution in [2.45, 2.75) is 6.92 Å². The minimum atomic E-state index is -0.586. The molecule has 0 saturated heterocycles. The molecule has 29 heavy (non-hydrogen) atoms. The van der Waals surface area contributed by atoms with Gasteiger partial charge in [0.15, 0.2) is 0 Å². The number of rotatable bonds is 6. The van der Waals surface area contributed by atoms with Crippen LogP contribution in [-0.2, 0) is 9.53 Å². The second-order valence-electron chi connectivity index (χ2n) is 5.96. The fourth-order valence-corrected chi connectivity index (χ4v) is 3.59. The van der Waals surface area contributed by atoms with Gasteiger partial charge in [-0.1, -0.05) is 24.3 Å². The number of esters is 1. The molecule has 0 radical (unpaired) electrons. The quantitative estimate of drug-likeness (QED) is 0.428. The van der Waals surface area contributed by atoms with E-state index in [1.165, 1.54) is 36.4 Å². The van der Waals surface area contributed by atoms with Gasteiger partial charge in [0.2, 0.25) is 5.91 Å². The molecule has 1 aromatic heterocycles. The highest BCUT2D eigenvalue weighted by Crippen LogP contribution is 2.36. The van der Waals surface area contributed by atoms with Crippen molar-refractivity contribution >= 4 is 34.3 Å². The van der Waals surface area contributed by atoms with Gasteiger partial charge >= 0.3 is 5.97 Å². The normalized spacial score (nSPS) is 10.9. The highest BCUT2D eigenvalue weighted by molar-refractivity contribution is 7.15. The summed E-state index contributed by atoms with van der Waals surface area (Å²) in [6, 6.07) is 11.5. The molecule has 7 heteroatoms. The first-order valence-corrected chi connectivity index (χ1v) is 9.65. The van der Waals surface area contributed by atoms with Crippen molar-refractivity contribution in [2.75, 3.05) is 11.9 Å². The van der Waals surface area contributed by atoms with E-state index < -0.39 is 23.5 Å². The maximum Gasteiger partial charge on any atom is 0.341 e. The minimum absolute atomic E-state index is 0.171. The molecule has 0 aliphatic rings. The van der Waals surface area contributed by atoms with Gasteiger partial charge in [-0.15, -0.1) is 11.3 Å². The van der Waals surface area contributed by atoms with E-state index in [1.807, 2.05) is 0 Å². The predicted molar refractivity (Wildman–Crippen MR) is 110 cm³/mol. The van der Waals surface area contributed by atoms with Crippen LogP contribution < -0.4 is 5.32 Å². The average molecular weight is 413 g/mol. The Kier molecular flexibility index (Phi) is 6.51. The number of hydrogen-bond acceptors (Lipinski definition) is 4. The SMILES string of the molecule is CCOC(=O)c1c(-c2ccc(F)cc2)csc1NC(=O)/C=C/c1cccc(F)c1. The predicted octanol–water partition coefficient (Wildman–Crippen LogP) is 5.52. The summed E-state index contributed by atoms with van der Waals surface area (Å²) in [4.78, 5) is 24.8. The number of benzene rings is 2. The molecule has 4 nitrogen and oxygen atoms in total. The van der Waals surface area contributed by atoms with Crippen LogP contribution in [-0.4, -0.2) is 18.5 Å². The van der Waals surface area contributed by atoms with Gasteiger partial charge in [0, 0.05) is 17.0 Å². The van der Waals surface area contributed by atoms with E-state index in [0.717, 1.165) is 11.3 Å². The number of anilines is 1. The van der Waals surface area contributed by atoms with E-state index in [0.29, 0.717) is 21.7 Å². The summed E-state index contributed by atoms with van der Waals surface area (Å²) in [5.74, 6) is -1.86. The maximum atomic E-state index is 13.2. The van der Waals surface area contributed by atoms with Gasteiger partial charge in [-0.2, -0.15) is 0 Å². The first-order chi connectivity index (χ1) is 14.0. The van der Waals surface area contributed by atoms with Crippen LogP contribution in [0.2, 0.25) is 0 Å². The Labute approximate surface area is 170 Å². The Morgan fingerprint density at radius 1 is 1.10 bits per heavy atom. The second-order valence-corrected chi connectivity index (χ2v) is 6.84. The molecule has 148 valence electrons. The van der Waals surface area contributed by atoms with Gasteiger partial charge < -0.3 is 10.1 Å². The van der Waals surface area contributed by atoms with Gasteiger partial charge in [-0.3, -0.25) is 4.79 Å². The van der Waals surface area contributed by atoms with Crippen molar-refractivity contribution < 1.29 is 23.1 Å². The number of carbonyl (C=O) groups excluding carboxylic acids is 2. The van der Waals surface area contributed by atoms with Crippen molar-refractivity contribution in [1.29, 1.82) is 0 Å². The van der Waals surface area contributed by atoms with Gasteiger partial charge in [0.25, 0.3) is 0 Å². The zero-order chi connectivity index (χ0) is 20.8. The highest BCUT2D eigenvalue weighted by atomic mass is 32.1. The lowest BCUT2D eigenvalue weighted by atomic mass is 10.0. The van der Waals surface area contributed by atoms with Crippen molar-refractivity contribution in [2.24, 2.45) is 0 Å². The number of ether oxygens (including phenoxy) is 1. The molecule has 0 aliphatic carbocycles. The minimum Gasteiger partial charge on any atom is -0.462 e. The summed E-state index contributed by atoms with van der Waals surface area (Å²) >= 11 is 1.16. The van der Waals surface area contributed by atoms with E-state index in [9.17, 15) is 18.4 Å². The van der Waals surface area contributed by atoms with Crippen LogP contribution in [0.15, 0.2) is 60.0 Å². The van der Waals surface area contributed by atoms with E-state index in [-0.39, 0.29) is 12.2 Å². The number of halogens is 2. The average Bonchev–Trinajstić information content (AvgIpc) is 3.11. The topological polar surface area (TPSA) is 55.4 Å². The molecule has 0 aliphatic heterocycles. The smallest absolute Gasteiger partial charge is 0.341 e. The molecule has 1 amide bonds. The third kappa shape index (κ3) is 5.14. The molecule has 0 unspecified atom stereocenters. The van der Waals surface area contributed by atoms with Gasteiger partial charge in [0.05, 0.1) is 6.61 Å². The zero-order valence-electron chi connectivity index (χ0n) is 15.4. The summed E-state index contributed by atoms with van der Waals surface area (Å²) in [6.07, 6.45) is 2.72. The molecule has 0 spiro atoms. The molecular formula is C22H17F2NO3S. The molecule has 0 atom stereocenters. The summed E-state index contributed by atoms with van der Waals surface area (Å²) < 4.78 is 31.6. The fourth-order valence-electron chi connectivity index (χ4n) is 2.63. The summed E-state index contributed by atoms with van der Waals surface area (Å²) in [6.45, 7) is 1.85. The van der Waals surface area contributed by atoms with E-state index >= 15 is 0 Å². The lowest BCUT2D eigenvalue weighted by molar-refractivity contribution is -0.111.